The number of benzene rings is 3. The highest BCUT2D eigenvalue weighted by Crippen LogP contribution is 2.39. The van der Waals surface area contributed by atoms with Gasteiger partial charge in [0.05, 0.1) is 18.2 Å². The van der Waals surface area contributed by atoms with Crippen LogP contribution in [0.5, 0.6) is 0 Å². The molecule has 4 rings (SSSR count). The summed E-state index contributed by atoms with van der Waals surface area (Å²) in [7, 11) is 0. The molecule has 0 aromatic heterocycles. The van der Waals surface area contributed by atoms with E-state index in [1.54, 1.807) is 4.90 Å². The first-order valence-electron chi connectivity index (χ1n) is 9.93. The number of carbonyl (C=O) groups is 2. The van der Waals surface area contributed by atoms with Gasteiger partial charge in [-0.1, -0.05) is 78.9 Å². The minimum atomic E-state index is -1.11. The number of ether oxygens (including phenoxy) is 1. The van der Waals surface area contributed by atoms with Gasteiger partial charge in [-0.25, -0.2) is 0 Å². The van der Waals surface area contributed by atoms with Gasteiger partial charge in [0, 0.05) is 5.56 Å². The van der Waals surface area contributed by atoms with Crippen molar-refractivity contribution in [1.29, 1.82) is 0 Å². The molecule has 0 saturated heterocycles. The molecule has 0 saturated carbocycles. The lowest BCUT2D eigenvalue weighted by Crippen LogP contribution is -2.44. The van der Waals surface area contributed by atoms with E-state index >= 15 is 0 Å². The third kappa shape index (κ3) is 3.84. The van der Waals surface area contributed by atoms with Crippen LogP contribution in [-0.4, -0.2) is 23.1 Å². The van der Waals surface area contributed by atoms with Crippen LogP contribution in [0.4, 0.5) is 5.69 Å². The fourth-order valence-corrected chi connectivity index (χ4v) is 3.78. The molecule has 0 radical (unpaired) electrons. The van der Waals surface area contributed by atoms with Crippen LogP contribution in [0.15, 0.2) is 84.9 Å². The van der Waals surface area contributed by atoms with Crippen LogP contribution in [-0.2, 0) is 20.9 Å². The summed E-state index contributed by atoms with van der Waals surface area (Å²) in [6.07, 6.45) is -1.65. The van der Waals surface area contributed by atoms with Crippen LogP contribution in [0.1, 0.15) is 29.7 Å². The molecule has 152 valence electrons. The molecule has 1 amide bonds. The number of fused-ring (bicyclic) bond motifs is 1. The van der Waals surface area contributed by atoms with Crippen molar-refractivity contribution < 1.29 is 19.4 Å². The Hall–Kier alpha value is -3.44. The van der Waals surface area contributed by atoms with Crippen molar-refractivity contribution in [2.45, 2.75) is 25.7 Å². The molecule has 3 aromatic rings. The summed E-state index contributed by atoms with van der Waals surface area (Å²) in [6.45, 7) is 1.86. The minimum absolute atomic E-state index is 0.338. The second-order valence-corrected chi connectivity index (χ2v) is 7.44. The molecule has 0 bridgehead atoms. The van der Waals surface area contributed by atoms with Crippen LogP contribution >= 0.6 is 0 Å². The van der Waals surface area contributed by atoms with E-state index in [0.29, 0.717) is 6.54 Å². The third-order valence-electron chi connectivity index (χ3n) is 5.43. The van der Waals surface area contributed by atoms with Gasteiger partial charge in [0.15, 0.2) is 6.10 Å². The number of aliphatic carboxylic acids is 1. The molecular weight excluding hydrogens is 378 g/mol. The smallest absolute Gasteiger partial charge is 0.309 e. The molecule has 3 aromatic carbocycles. The predicted octanol–water partition coefficient (Wildman–Crippen LogP) is 4.43. The molecule has 0 fully saturated rings. The Labute approximate surface area is 175 Å². The first kappa shape index (κ1) is 19.9. The molecule has 3 unspecified atom stereocenters. The normalized spacial score (nSPS) is 19.6. The molecule has 0 spiro atoms. The zero-order chi connectivity index (χ0) is 21.1. The van der Waals surface area contributed by atoms with Crippen molar-refractivity contribution in [3.8, 4) is 0 Å². The lowest BCUT2D eigenvalue weighted by atomic mass is 9.99. The first-order valence-corrected chi connectivity index (χ1v) is 9.93. The van der Waals surface area contributed by atoms with Crippen molar-refractivity contribution >= 4 is 17.6 Å². The van der Waals surface area contributed by atoms with Crippen molar-refractivity contribution in [3.63, 3.8) is 0 Å². The van der Waals surface area contributed by atoms with E-state index in [4.69, 9.17) is 4.74 Å². The van der Waals surface area contributed by atoms with E-state index in [9.17, 15) is 14.7 Å². The topological polar surface area (TPSA) is 66.8 Å². The van der Waals surface area contributed by atoms with Crippen molar-refractivity contribution in [2.24, 2.45) is 5.92 Å². The second kappa shape index (κ2) is 8.51. The highest BCUT2D eigenvalue weighted by molar-refractivity contribution is 6.00. The van der Waals surface area contributed by atoms with Crippen molar-refractivity contribution in [1.82, 2.24) is 0 Å². The van der Waals surface area contributed by atoms with Crippen LogP contribution < -0.4 is 4.90 Å². The largest absolute Gasteiger partial charge is 0.481 e. The number of anilines is 1. The van der Waals surface area contributed by atoms with Crippen molar-refractivity contribution in [3.05, 3.63) is 102 Å². The van der Waals surface area contributed by atoms with E-state index in [0.717, 1.165) is 22.4 Å². The number of para-hydroxylation sites is 1. The standard InChI is InChI=1S/C25H23NO4/c1-17(25(28)29)22-24(27)26(16-18-10-4-2-5-11-18)21-15-9-8-14-20(21)23(30-22)19-12-6-3-7-13-19/h2-15,17,22-23H,16H2,1H3,(H,28,29). The van der Waals surface area contributed by atoms with Crippen LogP contribution in [0.2, 0.25) is 0 Å². The Morgan fingerprint density at radius 2 is 1.57 bits per heavy atom. The van der Waals surface area contributed by atoms with Crippen LogP contribution in [0.25, 0.3) is 0 Å². The summed E-state index contributed by atoms with van der Waals surface area (Å²) in [6, 6.07) is 26.9. The first-order chi connectivity index (χ1) is 14.6. The molecule has 1 N–H and O–H groups in total. The number of carboxylic acids is 1. The van der Waals surface area contributed by atoms with E-state index in [1.807, 2.05) is 84.9 Å². The van der Waals surface area contributed by atoms with Gasteiger partial charge in [0.1, 0.15) is 6.10 Å². The Bertz CT molecular complexity index is 1040. The average Bonchev–Trinajstić information content (AvgIpc) is 2.90. The number of hydrogen-bond acceptors (Lipinski definition) is 3. The summed E-state index contributed by atoms with van der Waals surface area (Å²) < 4.78 is 6.26. The summed E-state index contributed by atoms with van der Waals surface area (Å²) in [5.74, 6) is -2.40. The van der Waals surface area contributed by atoms with Gasteiger partial charge in [-0.3, -0.25) is 9.59 Å². The molecule has 1 heterocycles. The molecule has 3 atom stereocenters. The minimum Gasteiger partial charge on any atom is -0.481 e. The van der Waals surface area contributed by atoms with Crippen LogP contribution in [0, 0.1) is 5.92 Å². The van der Waals surface area contributed by atoms with Gasteiger partial charge >= 0.3 is 5.97 Å². The SMILES string of the molecule is CC(C(=O)O)C1OC(c2ccccc2)c2ccccc2N(Cc2ccccc2)C1=O. The van der Waals surface area contributed by atoms with Gasteiger partial charge in [-0.05, 0) is 24.1 Å². The fourth-order valence-electron chi connectivity index (χ4n) is 3.78. The molecule has 0 aliphatic carbocycles. The van der Waals surface area contributed by atoms with Gasteiger partial charge in [-0.15, -0.1) is 0 Å². The Kier molecular flexibility index (Phi) is 5.63. The Morgan fingerprint density at radius 1 is 0.967 bits per heavy atom. The molecule has 1 aliphatic heterocycles. The number of rotatable bonds is 5. The summed E-state index contributed by atoms with van der Waals surface area (Å²) in [5.41, 5.74) is 3.41. The number of hydrogen-bond donors (Lipinski definition) is 1. The van der Waals surface area contributed by atoms with Gasteiger partial charge < -0.3 is 14.7 Å². The van der Waals surface area contributed by atoms with Crippen LogP contribution in [0.3, 0.4) is 0 Å². The lowest BCUT2D eigenvalue weighted by Gasteiger charge is -2.27. The highest BCUT2D eigenvalue weighted by atomic mass is 16.5. The molecule has 5 nitrogen and oxygen atoms in total. The quantitative estimate of drug-likeness (QED) is 0.687. The zero-order valence-corrected chi connectivity index (χ0v) is 16.6. The average molecular weight is 401 g/mol. The van der Waals surface area contributed by atoms with Gasteiger partial charge in [0.25, 0.3) is 5.91 Å². The molecule has 1 aliphatic rings. The molecule has 30 heavy (non-hydrogen) atoms. The number of carbonyl (C=O) groups excluding carboxylic acids is 1. The maximum atomic E-state index is 13.6. The Morgan fingerprint density at radius 3 is 2.23 bits per heavy atom. The predicted molar refractivity (Wildman–Crippen MR) is 114 cm³/mol. The summed E-state index contributed by atoms with van der Waals surface area (Å²) in [5, 5.41) is 9.64. The highest BCUT2D eigenvalue weighted by Gasteiger charge is 2.41. The third-order valence-corrected chi connectivity index (χ3v) is 5.43. The Balaban J connectivity index is 1.85. The molecular formula is C25H23NO4. The van der Waals surface area contributed by atoms with Gasteiger partial charge in [0.2, 0.25) is 0 Å². The van der Waals surface area contributed by atoms with E-state index in [2.05, 4.69) is 0 Å². The number of nitrogens with zero attached hydrogens (tertiary/aromatic N) is 1. The zero-order valence-electron chi connectivity index (χ0n) is 16.6. The van der Waals surface area contributed by atoms with E-state index < -0.39 is 24.1 Å². The number of carboxylic acid groups (broad SMARTS) is 1. The summed E-state index contributed by atoms with van der Waals surface area (Å²) >= 11 is 0. The van der Waals surface area contributed by atoms with Crippen molar-refractivity contribution in [2.75, 3.05) is 4.90 Å². The molecule has 5 heteroatoms. The monoisotopic (exact) mass is 401 g/mol. The van der Waals surface area contributed by atoms with E-state index in [-0.39, 0.29) is 5.91 Å². The lowest BCUT2D eigenvalue weighted by molar-refractivity contribution is -0.154. The van der Waals surface area contributed by atoms with E-state index in [1.165, 1.54) is 6.92 Å². The maximum absolute atomic E-state index is 13.6. The fraction of sp³-hybridized carbons (Fsp3) is 0.200. The number of amides is 1. The summed E-state index contributed by atoms with van der Waals surface area (Å²) in [4.78, 5) is 27.0. The van der Waals surface area contributed by atoms with Gasteiger partial charge in [-0.2, -0.15) is 0 Å². The maximum Gasteiger partial charge on any atom is 0.309 e. The second-order valence-electron chi connectivity index (χ2n) is 7.44.